The summed E-state index contributed by atoms with van der Waals surface area (Å²) in [6.45, 7) is -1.75. The lowest BCUT2D eigenvalue weighted by atomic mass is 9.97. The largest absolute Gasteiger partial charge is 0.493 e. The van der Waals surface area contributed by atoms with Crippen molar-refractivity contribution in [1.82, 2.24) is 4.98 Å². The van der Waals surface area contributed by atoms with Crippen LogP contribution in [0, 0.1) is 5.92 Å². The maximum Gasteiger partial charge on any atom is 0.387 e. The summed E-state index contributed by atoms with van der Waals surface area (Å²) in [5, 5.41) is 2.66. The minimum atomic E-state index is -3.03. The van der Waals surface area contributed by atoms with E-state index in [1.807, 2.05) is 4.90 Å². The number of hydrogen-bond acceptors (Lipinski definition) is 6. The first-order valence-corrected chi connectivity index (χ1v) is 9.98. The summed E-state index contributed by atoms with van der Waals surface area (Å²) in [5.74, 6) is -0.333. The van der Waals surface area contributed by atoms with E-state index in [2.05, 4.69) is 15.0 Å². The average molecular weight is 446 g/mol. The number of carbonyl (C=O) groups excluding carboxylic acids is 2. The van der Waals surface area contributed by atoms with E-state index in [0.29, 0.717) is 18.1 Å². The number of halogens is 2. The zero-order valence-electron chi connectivity index (χ0n) is 17.5. The summed E-state index contributed by atoms with van der Waals surface area (Å²) < 4.78 is 35.0. The first-order chi connectivity index (χ1) is 15.4. The van der Waals surface area contributed by atoms with Crippen molar-refractivity contribution < 1.29 is 27.8 Å². The zero-order valence-corrected chi connectivity index (χ0v) is 17.5. The van der Waals surface area contributed by atoms with Crippen LogP contribution >= 0.6 is 0 Å². The Hall–Kier alpha value is -3.69. The highest BCUT2D eigenvalue weighted by atomic mass is 19.3. The van der Waals surface area contributed by atoms with E-state index in [0.717, 1.165) is 19.4 Å². The van der Waals surface area contributed by atoms with E-state index >= 15 is 0 Å². The van der Waals surface area contributed by atoms with Crippen molar-refractivity contribution in [3.63, 3.8) is 0 Å². The van der Waals surface area contributed by atoms with Crippen LogP contribution in [0.2, 0.25) is 0 Å². The molecule has 1 fully saturated rings. The van der Waals surface area contributed by atoms with Crippen molar-refractivity contribution in [3.05, 3.63) is 48.2 Å². The van der Waals surface area contributed by atoms with Gasteiger partial charge in [-0.15, -0.1) is 0 Å². The molecule has 1 aliphatic heterocycles. The number of benzene rings is 1. The fourth-order valence-corrected chi connectivity index (χ4v) is 3.45. The third-order valence-electron chi connectivity index (χ3n) is 5.01. The minimum absolute atomic E-state index is 0.129. The van der Waals surface area contributed by atoms with Gasteiger partial charge in [0.05, 0.1) is 24.9 Å². The van der Waals surface area contributed by atoms with Gasteiger partial charge < -0.3 is 25.4 Å². The van der Waals surface area contributed by atoms with E-state index in [9.17, 15) is 18.4 Å². The van der Waals surface area contributed by atoms with Gasteiger partial charge in [-0.05, 0) is 37.1 Å². The monoisotopic (exact) mass is 446 g/mol. The Bertz CT molecular complexity index is 982. The molecule has 0 saturated carbocycles. The molecular formula is C22H24F2N4O4. The summed E-state index contributed by atoms with van der Waals surface area (Å²) in [7, 11) is 1.34. The predicted octanol–water partition coefficient (Wildman–Crippen LogP) is 3.05. The number of anilines is 2. The molecule has 0 aliphatic carbocycles. The Labute approximate surface area is 184 Å². The summed E-state index contributed by atoms with van der Waals surface area (Å²) in [4.78, 5) is 30.1. The highest BCUT2D eigenvalue weighted by Crippen LogP contribution is 2.33. The molecular weight excluding hydrogens is 422 g/mol. The molecule has 1 unspecified atom stereocenters. The van der Waals surface area contributed by atoms with Gasteiger partial charge in [0, 0.05) is 24.7 Å². The van der Waals surface area contributed by atoms with Crippen molar-refractivity contribution in [2.75, 3.05) is 30.4 Å². The van der Waals surface area contributed by atoms with Crippen LogP contribution in [0.5, 0.6) is 11.5 Å². The Morgan fingerprint density at radius 1 is 1.31 bits per heavy atom. The quantitative estimate of drug-likeness (QED) is 0.604. The van der Waals surface area contributed by atoms with Crippen molar-refractivity contribution in [2.24, 2.45) is 11.7 Å². The van der Waals surface area contributed by atoms with Crippen LogP contribution in [0.15, 0.2) is 42.6 Å². The molecule has 1 aromatic carbocycles. The Morgan fingerprint density at radius 3 is 2.78 bits per heavy atom. The second-order valence-corrected chi connectivity index (χ2v) is 7.17. The summed E-state index contributed by atoms with van der Waals surface area (Å²) >= 11 is 0. The third-order valence-corrected chi connectivity index (χ3v) is 5.01. The van der Waals surface area contributed by atoms with Crippen LogP contribution in [-0.4, -0.2) is 43.6 Å². The van der Waals surface area contributed by atoms with E-state index in [-0.39, 0.29) is 28.9 Å². The molecule has 0 bridgehead atoms. The highest BCUT2D eigenvalue weighted by Gasteiger charge is 2.24. The first-order valence-electron chi connectivity index (χ1n) is 9.98. The molecule has 3 N–H and O–H groups in total. The normalized spacial score (nSPS) is 16.2. The maximum atomic E-state index is 12.7. The Balaban J connectivity index is 1.64. The number of nitrogens with two attached hydrogens (primary N) is 1. The van der Waals surface area contributed by atoms with Crippen LogP contribution in [0.3, 0.4) is 0 Å². The van der Waals surface area contributed by atoms with Crippen molar-refractivity contribution in [3.8, 4) is 11.5 Å². The molecule has 1 atom stereocenters. The van der Waals surface area contributed by atoms with Gasteiger partial charge in [-0.25, -0.2) is 4.98 Å². The van der Waals surface area contributed by atoms with Gasteiger partial charge in [0.15, 0.2) is 11.5 Å². The number of rotatable bonds is 8. The molecule has 1 aliphatic rings. The number of alkyl halides is 2. The second-order valence-electron chi connectivity index (χ2n) is 7.17. The first kappa shape index (κ1) is 23.0. The fraction of sp³-hybridized carbons (Fsp3) is 0.318. The number of ether oxygens (including phenoxy) is 2. The lowest BCUT2D eigenvalue weighted by Crippen LogP contribution is -2.41. The zero-order chi connectivity index (χ0) is 23.1. The van der Waals surface area contributed by atoms with Crippen LogP contribution in [0.1, 0.15) is 18.4 Å². The standard InChI is InChI=1S/C22H24F2N4O4/c1-31-17-6-2-4-14(20(17)32-22(23)24)7-10-19(29)27-16-8-9-18(26-12-16)28-11-3-5-15(13-28)21(25)30/h2,4,6-10,12,15,22H,3,5,11,13H2,1H3,(H2,25,30)(H,27,29)/b10-7+. The summed E-state index contributed by atoms with van der Waals surface area (Å²) in [5.41, 5.74) is 6.14. The third kappa shape index (κ3) is 5.93. The van der Waals surface area contributed by atoms with Gasteiger partial charge in [0.25, 0.3) is 0 Å². The Kier molecular flexibility index (Phi) is 7.58. The average Bonchev–Trinajstić information content (AvgIpc) is 2.78. The number of nitrogens with zero attached hydrogens (tertiary/aromatic N) is 2. The number of para-hydroxylation sites is 1. The SMILES string of the molecule is COc1cccc(/C=C/C(=O)Nc2ccc(N3CCCC(C(N)=O)C3)nc2)c1OC(F)F. The number of primary amides is 1. The number of pyridine rings is 1. The van der Waals surface area contributed by atoms with Crippen LogP contribution in [0.25, 0.3) is 6.08 Å². The molecule has 0 radical (unpaired) electrons. The van der Waals surface area contributed by atoms with Crippen molar-refractivity contribution in [2.45, 2.75) is 19.5 Å². The van der Waals surface area contributed by atoms with E-state index < -0.39 is 12.5 Å². The molecule has 1 saturated heterocycles. The van der Waals surface area contributed by atoms with E-state index in [1.165, 1.54) is 37.6 Å². The molecule has 1 aromatic heterocycles. The van der Waals surface area contributed by atoms with Gasteiger partial charge in [-0.2, -0.15) is 8.78 Å². The lowest BCUT2D eigenvalue weighted by molar-refractivity contribution is -0.122. The van der Waals surface area contributed by atoms with Crippen molar-refractivity contribution in [1.29, 1.82) is 0 Å². The Morgan fingerprint density at radius 2 is 2.12 bits per heavy atom. The molecule has 2 aromatic rings. The van der Waals surface area contributed by atoms with Gasteiger partial charge in [0.1, 0.15) is 5.82 Å². The number of aromatic nitrogens is 1. The molecule has 2 amide bonds. The van der Waals surface area contributed by atoms with Crippen molar-refractivity contribution >= 4 is 29.4 Å². The predicted molar refractivity (Wildman–Crippen MR) is 116 cm³/mol. The van der Waals surface area contributed by atoms with Gasteiger partial charge in [-0.1, -0.05) is 12.1 Å². The molecule has 10 heteroatoms. The highest BCUT2D eigenvalue weighted by molar-refractivity contribution is 6.02. The van der Waals surface area contributed by atoms with Gasteiger partial charge >= 0.3 is 6.61 Å². The van der Waals surface area contributed by atoms with Crippen LogP contribution in [0.4, 0.5) is 20.3 Å². The molecule has 2 heterocycles. The van der Waals surface area contributed by atoms with E-state index in [4.69, 9.17) is 10.5 Å². The number of piperidine rings is 1. The number of methoxy groups -OCH3 is 1. The van der Waals surface area contributed by atoms with Gasteiger partial charge in [-0.3, -0.25) is 9.59 Å². The summed E-state index contributed by atoms with van der Waals surface area (Å²) in [6, 6.07) is 8.05. The maximum absolute atomic E-state index is 12.7. The van der Waals surface area contributed by atoms with Crippen LogP contribution in [-0.2, 0) is 9.59 Å². The smallest absolute Gasteiger partial charge is 0.387 e. The second kappa shape index (κ2) is 10.6. The number of nitrogens with one attached hydrogen (secondary N) is 1. The molecule has 8 nitrogen and oxygen atoms in total. The number of hydrogen-bond donors (Lipinski definition) is 2. The molecule has 0 spiro atoms. The number of amides is 2. The molecule has 3 rings (SSSR count). The molecule has 170 valence electrons. The minimum Gasteiger partial charge on any atom is -0.493 e. The topological polar surface area (TPSA) is 107 Å². The van der Waals surface area contributed by atoms with Gasteiger partial charge in [0.2, 0.25) is 11.8 Å². The van der Waals surface area contributed by atoms with Crippen LogP contribution < -0.4 is 25.4 Å². The fourth-order valence-electron chi connectivity index (χ4n) is 3.45. The lowest BCUT2D eigenvalue weighted by Gasteiger charge is -2.32. The van der Waals surface area contributed by atoms with E-state index in [1.54, 1.807) is 18.2 Å². The number of carbonyl (C=O) groups is 2. The summed E-state index contributed by atoms with van der Waals surface area (Å²) in [6.07, 6.45) is 5.67. The molecule has 32 heavy (non-hydrogen) atoms.